The first-order valence-corrected chi connectivity index (χ1v) is 10.6. The minimum absolute atomic E-state index is 0.00843. The topological polar surface area (TPSA) is 108 Å². The molecular formula is C22H27F2N5O4. The van der Waals surface area contributed by atoms with E-state index in [0.717, 1.165) is 6.07 Å². The lowest BCUT2D eigenvalue weighted by molar-refractivity contribution is 0.0713. The normalized spacial score (nSPS) is 17.8. The van der Waals surface area contributed by atoms with Gasteiger partial charge in [0.15, 0.2) is 11.6 Å². The molecule has 11 heteroatoms. The monoisotopic (exact) mass is 463 g/mol. The quantitative estimate of drug-likeness (QED) is 0.618. The molecule has 1 aliphatic heterocycles. The standard InChI is InChI=1S/C22H27F2N5O4/c1-4-29(13(2)3)21(30)16-7-15(23)5-6-18(16)33-19-9-25-12-27-20(19)28-10-14(17(24)11-28)8-26-22(31)32/h5-7,9,12-14,17,26H,4,8,10-11H2,1-3H3,(H,31,32)/t14-,17-/m1/s1. The van der Waals surface area contributed by atoms with E-state index in [4.69, 9.17) is 9.84 Å². The Morgan fingerprint density at radius 3 is 2.76 bits per heavy atom. The van der Waals surface area contributed by atoms with E-state index in [9.17, 15) is 18.4 Å². The summed E-state index contributed by atoms with van der Waals surface area (Å²) in [6.07, 6.45) is 0.178. The fourth-order valence-corrected chi connectivity index (χ4v) is 3.81. The van der Waals surface area contributed by atoms with Gasteiger partial charge in [0.2, 0.25) is 0 Å². The lowest BCUT2D eigenvalue weighted by Gasteiger charge is -2.26. The maximum Gasteiger partial charge on any atom is 0.404 e. The fraction of sp³-hybridized carbons (Fsp3) is 0.455. The zero-order chi connectivity index (χ0) is 24.1. The number of carbonyl (C=O) groups excluding carboxylic acids is 1. The molecule has 1 fully saturated rings. The van der Waals surface area contributed by atoms with Gasteiger partial charge in [0.05, 0.1) is 18.3 Å². The van der Waals surface area contributed by atoms with Gasteiger partial charge in [0.1, 0.15) is 24.1 Å². The van der Waals surface area contributed by atoms with E-state index in [0.29, 0.717) is 12.4 Å². The Bertz CT molecular complexity index is 1010. The number of alkyl halides is 1. The molecule has 2 amide bonds. The van der Waals surface area contributed by atoms with Crippen molar-refractivity contribution < 1.29 is 28.2 Å². The Labute approximate surface area is 190 Å². The highest BCUT2D eigenvalue weighted by Gasteiger charge is 2.35. The van der Waals surface area contributed by atoms with Gasteiger partial charge in [0.25, 0.3) is 5.91 Å². The van der Waals surface area contributed by atoms with Crippen LogP contribution in [0.25, 0.3) is 0 Å². The highest BCUT2D eigenvalue weighted by molar-refractivity contribution is 5.97. The molecule has 0 bridgehead atoms. The lowest BCUT2D eigenvalue weighted by atomic mass is 10.1. The van der Waals surface area contributed by atoms with Crippen LogP contribution in [0, 0.1) is 11.7 Å². The van der Waals surface area contributed by atoms with Crippen LogP contribution in [0.2, 0.25) is 0 Å². The van der Waals surface area contributed by atoms with Gasteiger partial charge in [-0.05, 0) is 39.0 Å². The van der Waals surface area contributed by atoms with E-state index in [-0.39, 0.29) is 48.6 Å². The van der Waals surface area contributed by atoms with Gasteiger partial charge in [-0.25, -0.2) is 23.5 Å². The summed E-state index contributed by atoms with van der Waals surface area (Å²) in [5.41, 5.74) is 0.0497. The molecule has 0 saturated carbocycles. The van der Waals surface area contributed by atoms with E-state index in [1.165, 1.54) is 24.7 Å². The van der Waals surface area contributed by atoms with E-state index >= 15 is 0 Å². The van der Waals surface area contributed by atoms with Crippen molar-refractivity contribution in [3.63, 3.8) is 0 Å². The molecule has 2 heterocycles. The Balaban J connectivity index is 1.88. The van der Waals surface area contributed by atoms with Crippen LogP contribution in [-0.4, -0.2) is 70.4 Å². The Morgan fingerprint density at radius 1 is 1.33 bits per heavy atom. The average molecular weight is 463 g/mol. The molecule has 9 nitrogen and oxygen atoms in total. The van der Waals surface area contributed by atoms with Crippen molar-refractivity contribution in [2.45, 2.75) is 33.0 Å². The van der Waals surface area contributed by atoms with Crippen LogP contribution in [0.1, 0.15) is 31.1 Å². The van der Waals surface area contributed by atoms with Crippen LogP contribution in [-0.2, 0) is 0 Å². The SMILES string of the molecule is CCN(C(=O)c1cc(F)ccc1Oc1cncnc1N1C[C@@H](CNC(=O)O)[C@H](F)C1)C(C)C. The molecule has 1 aromatic carbocycles. The summed E-state index contributed by atoms with van der Waals surface area (Å²) in [6.45, 7) is 6.15. The molecule has 1 aromatic heterocycles. The number of aromatic nitrogens is 2. The highest BCUT2D eigenvalue weighted by Crippen LogP contribution is 2.35. The molecule has 2 atom stereocenters. The first-order valence-electron chi connectivity index (χ1n) is 10.6. The van der Waals surface area contributed by atoms with Crippen molar-refractivity contribution in [3.8, 4) is 11.5 Å². The van der Waals surface area contributed by atoms with E-state index in [1.54, 1.807) is 9.80 Å². The molecule has 0 unspecified atom stereocenters. The fourth-order valence-electron chi connectivity index (χ4n) is 3.81. The smallest absolute Gasteiger partial charge is 0.404 e. The summed E-state index contributed by atoms with van der Waals surface area (Å²) in [6, 6.07) is 3.56. The number of amides is 2. The van der Waals surface area contributed by atoms with Crippen molar-refractivity contribution in [3.05, 3.63) is 42.1 Å². The van der Waals surface area contributed by atoms with Crippen LogP contribution in [0.15, 0.2) is 30.7 Å². The van der Waals surface area contributed by atoms with Gasteiger partial charge < -0.3 is 25.0 Å². The number of hydrogen-bond donors (Lipinski definition) is 2. The maximum absolute atomic E-state index is 14.5. The second-order valence-corrected chi connectivity index (χ2v) is 8.01. The van der Waals surface area contributed by atoms with Crippen LogP contribution < -0.4 is 15.0 Å². The Hall–Kier alpha value is -3.50. The number of benzene rings is 1. The van der Waals surface area contributed by atoms with Crippen molar-refractivity contribution in [2.24, 2.45) is 5.92 Å². The molecule has 3 rings (SSSR count). The molecule has 1 aliphatic rings. The van der Waals surface area contributed by atoms with E-state index in [2.05, 4.69) is 15.3 Å². The molecule has 178 valence electrons. The van der Waals surface area contributed by atoms with Crippen molar-refractivity contribution in [1.82, 2.24) is 20.2 Å². The summed E-state index contributed by atoms with van der Waals surface area (Å²) in [5.74, 6) is -0.935. The summed E-state index contributed by atoms with van der Waals surface area (Å²) in [7, 11) is 0. The molecule has 0 spiro atoms. The van der Waals surface area contributed by atoms with Crippen LogP contribution >= 0.6 is 0 Å². The predicted octanol–water partition coefficient (Wildman–Crippen LogP) is 3.32. The van der Waals surface area contributed by atoms with E-state index < -0.39 is 24.0 Å². The largest absolute Gasteiger partial charge is 0.465 e. The molecule has 0 radical (unpaired) electrons. The maximum atomic E-state index is 14.5. The number of carboxylic acid groups (broad SMARTS) is 1. The molecular weight excluding hydrogens is 436 g/mol. The van der Waals surface area contributed by atoms with Gasteiger partial charge in [-0.2, -0.15) is 0 Å². The predicted molar refractivity (Wildman–Crippen MR) is 117 cm³/mol. The summed E-state index contributed by atoms with van der Waals surface area (Å²) in [5, 5.41) is 11.0. The minimum Gasteiger partial charge on any atom is -0.465 e. The first kappa shape index (κ1) is 24.1. The number of nitrogens with zero attached hydrogens (tertiary/aromatic N) is 4. The number of nitrogens with one attached hydrogen (secondary N) is 1. The second-order valence-electron chi connectivity index (χ2n) is 8.01. The van der Waals surface area contributed by atoms with Gasteiger partial charge in [-0.1, -0.05) is 0 Å². The molecule has 33 heavy (non-hydrogen) atoms. The van der Waals surface area contributed by atoms with Crippen LogP contribution in [0.4, 0.5) is 19.4 Å². The third-order valence-corrected chi connectivity index (χ3v) is 5.45. The van der Waals surface area contributed by atoms with Crippen molar-refractivity contribution in [2.75, 3.05) is 31.1 Å². The number of anilines is 1. The van der Waals surface area contributed by atoms with Gasteiger partial charge >= 0.3 is 6.09 Å². The first-order chi connectivity index (χ1) is 15.7. The zero-order valence-electron chi connectivity index (χ0n) is 18.7. The number of ether oxygens (including phenoxy) is 1. The lowest BCUT2D eigenvalue weighted by Crippen LogP contribution is -2.36. The summed E-state index contributed by atoms with van der Waals surface area (Å²) < 4.78 is 34.5. The van der Waals surface area contributed by atoms with Crippen LogP contribution in [0.5, 0.6) is 11.5 Å². The highest BCUT2D eigenvalue weighted by atomic mass is 19.1. The summed E-state index contributed by atoms with van der Waals surface area (Å²) >= 11 is 0. The number of hydrogen-bond acceptors (Lipinski definition) is 6. The molecule has 0 aliphatic carbocycles. The number of rotatable bonds is 8. The Kier molecular flexibility index (Phi) is 7.62. The van der Waals surface area contributed by atoms with Crippen molar-refractivity contribution in [1.29, 1.82) is 0 Å². The number of carbonyl (C=O) groups is 2. The third-order valence-electron chi connectivity index (χ3n) is 5.45. The molecule has 1 saturated heterocycles. The molecule has 2 N–H and O–H groups in total. The van der Waals surface area contributed by atoms with Gasteiger partial charge in [0, 0.05) is 31.6 Å². The Morgan fingerprint density at radius 2 is 2.09 bits per heavy atom. The van der Waals surface area contributed by atoms with E-state index in [1.807, 2.05) is 20.8 Å². The van der Waals surface area contributed by atoms with Gasteiger partial charge in [-0.15, -0.1) is 0 Å². The third kappa shape index (κ3) is 5.65. The second kappa shape index (κ2) is 10.4. The average Bonchev–Trinajstić information content (AvgIpc) is 3.14. The van der Waals surface area contributed by atoms with Gasteiger partial charge in [-0.3, -0.25) is 4.79 Å². The summed E-state index contributed by atoms with van der Waals surface area (Å²) in [4.78, 5) is 35.2. The zero-order valence-corrected chi connectivity index (χ0v) is 18.7. The molecule has 2 aromatic rings. The van der Waals surface area contributed by atoms with Crippen LogP contribution in [0.3, 0.4) is 0 Å². The number of halogens is 2. The minimum atomic E-state index is -1.27. The van der Waals surface area contributed by atoms with Crippen molar-refractivity contribution >= 4 is 17.8 Å².